The van der Waals surface area contributed by atoms with Gasteiger partial charge in [-0.2, -0.15) is 0 Å². The first-order chi connectivity index (χ1) is 12.3. The fraction of sp³-hybridized carbons (Fsp3) is 0.600. The molecule has 142 valence electrons. The van der Waals surface area contributed by atoms with E-state index in [9.17, 15) is 19.8 Å². The van der Waals surface area contributed by atoms with Crippen molar-refractivity contribution in [2.24, 2.45) is 5.92 Å². The van der Waals surface area contributed by atoms with Crippen LogP contribution in [0.4, 0.5) is 0 Å². The fourth-order valence-corrected chi connectivity index (χ4v) is 4.48. The van der Waals surface area contributed by atoms with Crippen molar-refractivity contribution in [3.8, 4) is 0 Å². The van der Waals surface area contributed by atoms with Crippen molar-refractivity contribution in [1.29, 1.82) is 0 Å². The van der Waals surface area contributed by atoms with E-state index in [2.05, 4.69) is 0 Å². The van der Waals surface area contributed by atoms with Crippen LogP contribution in [0, 0.1) is 5.92 Å². The lowest BCUT2D eigenvalue weighted by molar-refractivity contribution is -0.893. The molecular weight excluding hydrogens is 334 g/mol. The van der Waals surface area contributed by atoms with Crippen molar-refractivity contribution >= 4 is 11.9 Å². The first-order valence-corrected chi connectivity index (χ1v) is 9.36. The van der Waals surface area contributed by atoms with Crippen LogP contribution in [-0.4, -0.2) is 54.3 Å². The van der Waals surface area contributed by atoms with Crippen LogP contribution in [0.1, 0.15) is 37.7 Å². The molecule has 6 nitrogen and oxygen atoms in total. The van der Waals surface area contributed by atoms with Gasteiger partial charge in [0.15, 0.2) is 11.7 Å². The average Bonchev–Trinajstić information content (AvgIpc) is 3.25. The third kappa shape index (κ3) is 3.76. The maximum absolute atomic E-state index is 13.0. The van der Waals surface area contributed by atoms with Crippen molar-refractivity contribution in [2.45, 2.75) is 43.8 Å². The number of hydrogen-bond acceptors (Lipinski definition) is 5. The quantitative estimate of drug-likeness (QED) is 0.592. The third-order valence-electron chi connectivity index (χ3n) is 5.89. The zero-order valence-electron chi connectivity index (χ0n) is 15.2. The molecule has 3 rings (SSSR count). The molecule has 1 aliphatic heterocycles. The van der Waals surface area contributed by atoms with Crippen LogP contribution in [0.3, 0.4) is 0 Å². The second kappa shape index (κ2) is 7.37. The standard InChI is InChI=1S/C20H27NO5/c1-21(14-18(22)23)12-11-17(13-21)26-19(24)20(25,16-9-5-6-10-16)15-7-3-2-4-8-15/h2-4,7-8,16-17,25H,5-6,9-14H2,1H3/t17-,20-,21-/m0/s1. The third-order valence-corrected chi connectivity index (χ3v) is 5.89. The predicted molar refractivity (Wildman–Crippen MR) is 92.6 cm³/mol. The Labute approximate surface area is 154 Å². The monoisotopic (exact) mass is 361 g/mol. The first-order valence-electron chi connectivity index (χ1n) is 9.36. The Bertz CT molecular complexity index is 657. The van der Waals surface area contributed by atoms with Gasteiger partial charge in [-0.25, -0.2) is 4.79 Å². The summed E-state index contributed by atoms with van der Waals surface area (Å²) in [6.07, 6.45) is 3.79. The van der Waals surface area contributed by atoms with Gasteiger partial charge in [0.2, 0.25) is 0 Å². The SMILES string of the molecule is C[N@+]1(CC(=O)[O-])CC[C@H](OC(=O)[C@](O)(c2ccccc2)C2CCCC2)C1. The first kappa shape index (κ1) is 18.9. The van der Waals surface area contributed by atoms with Gasteiger partial charge in [0.1, 0.15) is 13.1 Å². The smallest absolute Gasteiger partial charge is 0.343 e. The molecular formula is C20H27NO5. The summed E-state index contributed by atoms with van der Waals surface area (Å²) in [7, 11) is 1.82. The number of carbonyl (C=O) groups excluding carboxylic acids is 2. The Morgan fingerprint density at radius 2 is 1.88 bits per heavy atom. The van der Waals surface area contributed by atoms with E-state index >= 15 is 0 Å². The van der Waals surface area contributed by atoms with Crippen molar-refractivity contribution in [1.82, 2.24) is 0 Å². The number of likely N-dealkylation sites (tertiary alicyclic amines) is 1. The number of aliphatic hydroxyl groups is 1. The van der Waals surface area contributed by atoms with Crippen LogP contribution < -0.4 is 5.11 Å². The van der Waals surface area contributed by atoms with E-state index < -0.39 is 17.5 Å². The molecule has 6 heteroatoms. The topological polar surface area (TPSA) is 86.7 Å². The van der Waals surface area contributed by atoms with Gasteiger partial charge >= 0.3 is 5.97 Å². The summed E-state index contributed by atoms with van der Waals surface area (Å²) < 4.78 is 5.99. The number of rotatable bonds is 6. The number of carboxylic acids is 1. The highest BCUT2D eigenvalue weighted by atomic mass is 16.6. The molecule has 2 fully saturated rings. The number of quaternary nitrogens is 1. The highest BCUT2D eigenvalue weighted by Gasteiger charge is 2.49. The van der Waals surface area contributed by atoms with Gasteiger partial charge in [-0.1, -0.05) is 43.2 Å². The molecule has 0 amide bonds. The molecule has 1 saturated carbocycles. The summed E-state index contributed by atoms with van der Waals surface area (Å²) in [6, 6.07) is 9.01. The number of benzene rings is 1. The molecule has 3 atom stereocenters. The summed E-state index contributed by atoms with van der Waals surface area (Å²) in [5.74, 6) is -1.86. The number of nitrogens with zero attached hydrogens (tertiary/aromatic N) is 1. The summed E-state index contributed by atoms with van der Waals surface area (Å²) in [6.45, 7) is 0.938. The van der Waals surface area contributed by atoms with Gasteiger partial charge in [-0.05, 0) is 18.4 Å². The maximum atomic E-state index is 13.0. The minimum atomic E-state index is -1.64. The molecule has 26 heavy (non-hydrogen) atoms. The van der Waals surface area contributed by atoms with E-state index in [1.165, 1.54) is 0 Å². The molecule has 1 aromatic carbocycles. The largest absolute Gasteiger partial charge is 0.544 e. The lowest BCUT2D eigenvalue weighted by Gasteiger charge is -2.33. The van der Waals surface area contributed by atoms with Gasteiger partial charge in [0.25, 0.3) is 0 Å². The number of carboxylic acid groups (broad SMARTS) is 1. The molecule has 2 aliphatic rings. The van der Waals surface area contributed by atoms with Crippen molar-refractivity contribution in [3.63, 3.8) is 0 Å². The maximum Gasteiger partial charge on any atom is 0.343 e. The van der Waals surface area contributed by atoms with E-state index in [0.717, 1.165) is 25.7 Å². The van der Waals surface area contributed by atoms with Gasteiger partial charge in [0, 0.05) is 12.3 Å². The van der Waals surface area contributed by atoms with Crippen LogP contribution in [0.15, 0.2) is 30.3 Å². The molecule has 0 spiro atoms. The number of aliphatic carboxylic acids is 1. The van der Waals surface area contributed by atoms with Crippen LogP contribution in [0.5, 0.6) is 0 Å². The van der Waals surface area contributed by atoms with Gasteiger partial charge in [-0.3, -0.25) is 0 Å². The van der Waals surface area contributed by atoms with Crippen LogP contribution >= 0.6 is 0 Å². The normalized spacial score (nSPS) is 28.6. The van der Waals surface area contributed by atoms with Crippen molar-refractivity contribution < 1.29 is 29.0 Å². The highest BCUT2D eigenvalue weighted by molar-refractivity contribution is 5.81. The molecule has 1 aromatic rings. The number of ether oxygens (including phenoxy) is 1. The minimum Gasteiger partial charge on any atom is -0.544 e. The Hall–Kier alpha value is -1.92. The lowest BCUT2D eigenvalue weighted by Crippen LogP contribution is -2.51. The van der Waals surface area contributed by atoms with E-state index in [4.69, 9.17) is 4.74 Å². The summed E-state index contributed by atoms with van der Waals surface area (Å²) in [5, 5.41) is 22.3. The zero-order valence-corrected chi connectivity index (χ0v) is 15.2. The fourth-order valence-electron chi connectivity index (χ4n) is 4.48. The summed E-state index contributed by atoms with van der Waals surface area (Å²) >= 11 is 0. The van der Waals surface area contributed by atoms with E-state index in [0.29, 0.717) is 25.1 Å². The van der Waals surface area contributed by atoms with Crippen LogP contribution in [0.25, 0.3) is 0 Å². The molecule has 0 unspecified atom stereocenters. The second-order valence-corrected chi connectivity index (χ2v) is 7.99. The number of carbonyl (C=O) groups is 2. The van der Waals surface area contributed by atoms with Gasteiger partial charge in [0.05, 0.1) is 19.6 Å². The Balaban J connectivity index is 1.76. The van der Waals surface area contributed by atoms with Crippen LogP contribution in [0.2, 0.25) is 0 Å². The Morgan fingerprint density at radius 1 is 1.23 bits per heavy atom. The molecule has 1 aliphatic carbocycles. The highest BCUT2D eigenvalue weighted by Crippen LogP contribution is 2.42. The molecule has 0 radical (unpaired) electrons. The van der Waals surface area contributed by atoms with Crippen molar-refractivity contribution in [2.75, 3.05) is 26.7 Å². The van der Waals surface area contributed by atoms with E-state index in [1.807, 2.05) is 25.2 Å². The second-order valence-electron chi connectivity index (χ2n) is 7.99. The minimum absolute atomic E-state index is 0.0976. The molecule has 0 aromatic heterocycles. The molecule has 1 saturated heterocycles. The summed E-state index contributed by atoms with van der Waals surface area (Å²) in [5.41, 5.74) is -1.07. The molecule has 1 N–H and O–H groups in total. The van der Waals surface area contributed by atoms with Gasteiger partial charge < -0.3 is 24.2 Å². The van der Waals surface area contributed by atoms with E-state index in [1.54, 1.807) is 12.1 Å². The number of esters is 1. The number of likely N-dealkylation sites (N-methyl/N-ethyl adjacent to an activating group) is 1. The average molecular weight is 361 g/mol. The lowest BCUT2D eigenvalue weighted by atomic mass is 9.80. The Morgan fingerprint density at radius 3 is 2.50 bits per heavy atom. The summed E-state index contributed by atoms with van der Waals surface area (Å²) in [4.78, 5) is 24.0. The predicted octanol–water partition coefficient (Wildman–Crippen LogP) is 0.576. The van der Waals surface area contributed by atoms with Gasteiger partial charge in [-0.15, -0.1) is 0 Å². The Kier molecular flexibility index (Phi) is 5.34. The number of hydrogen-bond donors (Lipinski definition) is 1. The zero-order chi connectivity index (χ0) is 18.8. The molecule has 0 bridgehead atoms. The van der Waals surface area contributed by atoms with E-state index in [-0.39, 0.29) is 23.0 Å². The van der Waals surface area contributed by atoms with Crippen molar-refractivity contribution in [3.05, 3.63) is 35.9 Å². The molecule has 1 heterocycles. The van der Waals surface area contributed by atoms with Crippen LogP contribution in [-0.2, 0) is 19.9 Å².